The Labute approximate surface area is 61.6 Å². The molecule has 0 spiro atoms. The van der Waals surface area contributed by atoms with Crippen LogP contribution in [0.5, 0.6) is 0 Å². The Balaban J connectivity index is 2.95. The van der Waals surface area contributed by atoms with E-state index in [1.807, 2.05) is 0 Å². The molecule has 1 rings (SSSR count). The van der Waals surface area contributed by atoms with Gasteiger partial charge in [0.2, 0.25) is 5.91 Å². The first-order valence-electron chi connectivity index (χ1n) is 2.88. The molecule has 0 aromatic carbocycles. The Kier molecular flexibility index (Phi) is 1.95. The van der Waals surface area contributed by atoms with Gasteiger partial charge in [0.1, 0.15) is 5.69 Å². The molecule has 0 saturated heterocycles. The number of H-pyrrole nitrogens is 1. The summed E-state index contributed by atoms with van der Waals surface area (Å²) in [7, 11) is 0. The molecule has 0 aliphatic heterocycles. The molecule has 0 saturated carbocycles. The molecule has 58 valence electrons. The van der Waals surface area contributed by atoms with Crippen molar-refractivity contribution < 1.29 is 4.79 Å². The monoisotopic (exact) mass is 154 g/mol. The second-order valence-corrected chi connectivity index (χ2v) is 1.88. The van der Waals surface area contributed by atoms with Gasteiger partial charge in [-0.1, -0.05) is 5.21 Å². The van der Waals surface area contributed by atoms with Crippen LogP contribution in [0.1, 0.15) is 6.92 Å². The predicted octanol–water partition coefficient (Wildman–Crippen LogP) is -0.877. The molecule has 0 radical (unpaired) electrons. The number of hydrogen-bond acceptors (Lipinski definition) is 4. The maximum atomic E-state index is 10.8. The number of amides is 1. The number of carbonyl (C=O) groups excluding carboxylic acids is 1. The van der Waals surface area contributed by atoms with Gasteiger partial charge in [-0.15, -0.1) is 5.10 Å². The zero-order chi connectivity index (χ0) is 8.27. The number of aromatic nitrogens is 3. The molecule has 0 aliphatic rings. The Bertz CT molecular complexity index is 318. The highest BCUT2D eigenvalue weighted by atomic mass is 16.2. The van der Waals surface area contributed by atoms with E-state index in [1.54, 1.807) is 0 Å². The van der Waals surface area contributed by atoms with E-state index in [-0.39, 0.29) is 11.6 Å². The zero-order valence-electron chi connectivity index (χ0n) is 5.79. The van der Waals surface area contributed by atoms with Crippen LogP contribution in [0.25, 0.3) is 0 Å². The van der Waals surface area contributed by atoms with E-state index in [4.69, 9.17) is 0 Å². The Morgan fingerprint density at radius 3 is 3.00 bits per heavy atom. The van der Waals surface area contributed by atoms with Crippen LogP contribution >= 0.6 is 0 Å². The van der Waals surface area contributed by atoms with E-state index in [0.717, 1.165) is 0 Å². The molecule has 0 aliphatic carbocycles. The number of nitrogens with one attached hydrogen (secondary N) is 2. The van der Waals surface area contributed by atoms with Crippen LogP contribution in [-0.4, -0.2) is 21.3 Å². The molecule has 0 unspecified atom stereocenters. The number of carbonyl (C=O) groups is 1. The van der Waals surface area contributed by atoms with Gasteiger partial charge in [0.05, 0.1) is 6.20 Å². The third-order valence-corrected chi connectivity index (χ3v) is 0.951. The molecule has 2 N–H and O–H groups in total. The lowest BCUT2D eigenvalue weighted by Crippen LogP contribution is -2.18. The van der Waals surface area contributed by atoms with E-state index < -0.39 is 5.56 Å². The first kappa shape index (κ1) is 7.39. The molecule has 11 heavy (non-hydrogen) atoms. The quantitative estimate of drug-likeness (QED) is 0.550. The van der Waals surface area contributed by atoms with Gasteiger partial charge in [0.25, 0.3) is 5.56 Å². The summed E-state index contributed by atoms with van der Waals surface area (Å²) in [5.74, 6) is -0.316. The Morgan fingerprint density at radius 1 is 1.73 bits per heavy atom. The SMILES string of the molecule is CC(=O)Nc1cnn[nH]c1=O. The van der Waals surface area contributed by atoms with Crippen molar-refractivity contribution in [3.05, 3.63) is 16.6 Å². The minimum absolute atomic E-state index is 0.104. The summed E-state index contributed by atoms with van der Waals surface area (Å²) < 4.78 is 0. The molecule has 1 aromatic rings. The van der Waals surface area contributed by atoms with Gasteiger partial charge >= 0.3 is 0 Å². The van der Waals surface area contributed by atoms with Gasteiger partial charge in [0, 0.05) is 6.92 Å². The fraction of sp³-hybridized carbons (Fsp3) is 0.200. The lowest BCUT2D eigenvalue weighted by atomic mass is 10.5. The molecule has 0 atom stereocenters. The van der Waals surface area contributed by atoms with Crippen molar-refractivity contribution in [2.45, 2.75) is 6.92 Å². The van der Waals surface area contributed by atoms with Crippen LogP contribution in [0.4, 0.5) is 5.69 Å². The van der Waals surface area contributed by atoms with E-state index in [1.165, 1.54) is 13.1 Å². The molecular formula is C5H6N4O2. The van der Waals surface area contributed by atoms with Gasteiger partial charge in [-0.3, -0.25) is 9.59 Å². The highest BCUT2D eigenvalue weighted by Crippen LogP contribution is 1.90. The summed E-state index contributed by atoms with van der Waals surface area (Å²) >= 11 is 0. The number of rotatable bonds is 1. The van der Waals surface area contributed by atoms with Crippen molar-refractivity contribution in [3.8, 4) is 0 Å². The van der Waals surface area contributed by atoms with Crippen LogP contribution in [0.15, 0.2) is 11.0 Å². The van der Waals surface area contributed by atoms with Crippen LogP contribution < -0.4 is 10.9 Å². The number of hydrogen-bond donors (Lipinski definition) is 2. The van der Waals surface area contributed by atoms with Gasteiger partial charge in [-0.2, -0.15) is 0 Å². The zero-order valence-corrected chi connectivity index (χ0v) is 5.79. The van der Waals surface area contributed by atoms with E-state index in [2.05, 4.69) is 20.7 Å². The molecule has 6 nitrogen and oxygen atoms in total. The van der Waals surface area contributed by atoms with Gasteiger partial charge in [-0.05, 0) is 0 Å². The van der Waals surface area contributed by atoms with Crippen LogP contribution in [0.2, 0.25) is 0 Å². The van der Waals surface area contributed by atoms with Crippen molar-refractivity contribution in [3.63, 3.8) is 0 Å². The molecule has 1 aromatic heterocycles. The van der Waals surface area contributed by atoms with Crippen molar-refractivity contribution in [1.29, 1.82) is 0 Å². The van der Waals surface area contributed by atoms with Crippen molar-refractivity contribution >= 4 is 11.6 Å². The van der Waals surface area contributed by atoms with Crippen LogP contribution in [-0.2, 0) is 4.79 Å². The van der Waals surface area contributed by atoms with E-state index in [0.29, 0.717) is 0 Å². The lowest BCUT2D eigenvalue weighted by molar-refractivity contribution is -0.114. The normalized spacial score (nSPS) is 9.18. The minimum Gasteiger partial charge on any atom is -0.320 e. The second kappa shape index (κ2) is 2.91. The fourth-order valence-electron chi connectivity index (χ4n) is 0.558. The largest absolute Gasteiger partial charge is 0.320 e. The molecule has 0 bridgehead atoms. The van der Waals surface area contributed by atoms with E-state index in [9.17, 15) is 9.59 Å². The lowest BCUT2D eigenvalue weighted by Gasteiger charge is -1.95. The predicted molar refractivity (Wildman–Crippen MR) is 37.0 cm³/mol. The second-order valence-electron chi connectivity index (χ2n) is 1.88. The molecule has 1 amide bonds. The number of nitrogens with zero attached hydrogens (tertiary/aromatic N) is 2. The third-order valence-electron chi connectivity index (χ3n) is 0.951. The minimum atomic E-state index is -0.463. The molecule has 0 fully saturated rings. The Morgan fingerprint density at radius 2 is 2.45 bits per heavy atom. The maximum Gasteiger partial charge on any atom is 0.290 e. The van der Waals surface area contributed by atoms with Gasteiger partial charge in [-0.25, -0.2) is 5.10 Å². The third kappa shape index (κ3) is 1.85. The summed E-state index contributed by atoms with van der Waals surface area (Å²) in [5, 5.41) is 11.0. The van der Waals surface area contributed by atoms with Gasteiger partial charge < -0.3 is 5.32 Å². The van der Waals surface area contributed by atoms with Crippen molar-refractivity contribution in [2.24, 2.45) is 0 Å². The number of aromatic amines is 1. The van der Waals surface area contributed by atoms with Gasteiger partial charge in [0.15, 0.2) is 0 Å². The summed E-state index contributed by atoms with van der Waals surface area (Å²) in [6.07, 6.45) is 1.18. The number of anilines is 1. The average molecular weight is 154 g/mol. The fourth-order valence-corrected chi connectivity index (χ4v) is 0.558. The summed E-state index contributed by atoms with van der Waals surface area (Å²) in [5.41, 5.74) is -0.359. The summed E-state index contributed by atoms with van der Waals surface area (Å²) in [6, 6.07) is 0. The van der Waals surface area contributed by atoms with Crippen LogP contribution in [0.3, 0.4) is 0 Å². The summed E-state index contributed by atoms with van der Waals surface area (Å²) in [6.45, 7) is 1.31. The first-order valence-corrected chi connectivity index (χ1v) is 2.88. The Hall–Kier alpha value is -1.72. The molecular weight excluding hydrogens is 148 g/mol. The average Bonchev–Trinajstić information content (AvgIpc) is 1.93. The summed E-state index contributed by atoms with van der Waals surface area (Å²) in [4.78, 5) is 21.2. The molecule has 1 heterocycles. The highest BCUT2D eigenvalue weighted by Gasteiger charge is 1.99. The topological polar surface area (TPSA) is 87.7 Å². The molecule has 6 heteroatoms. The van der Waals surface area contributed by atoms with Crippen molar-refractivity contribution in [1.82, 2.24) is 15.4 Å². The van der Waals surface area contributed by atoms with Crippen LogP contribution in [0, 0.1) is 0 Å². The first-order chi connectivity index (χ1) is 5.20. The highest BCUT2D eigenvalue weighted by molar-refractivity contribution is 5.88. The van der Waals surface area contributed by atoms with Crippen molar-refractivity contribution in [2.75, 3.05) is 5.32 Å². The van der Waals surface area contributed by atoms with E-state index >= 15 is 0 Å². The smallest absolute Gasteiger partial charge is 0.290 e. The standard InChI is InChI=1S/C5H6N4O2/c1-3(10)7-4-2-6-9-8-5(4)11/h2H,1H3,(H,6,8,11)(H,7,9,10). The maximum absolute atomic E-state index is 10.8.